The first-order chi connectivity index (χ1) is 15.1. The van der Waals surface area contributed by atoms with Crippen LogP contribution in [0.3, 0.4) is 0 Å². The summed E-state index contributed by atoms with van der Waals surface area (Å²) in [5.74, 6) is 1.24. The summed E-state index contributed by atoms with van der Waals surface area (Å²) >= 11 is 0. The van der Waals surface area contributed by atoms with Crippen molar-refractivity contribution in [2.45, 2.75) is 25.4 Å². The number of nitrogens with zero attached hydrogens (tertiary/aromatic N) is 1. The molecule has 7 nitrogen and oxygen atoms in total. The van der Waals surface area contributed by atoms with Gasteiger partial charge in [0.05, 0.1) is 21.3 Å². The predicted octanol–water partition coefficient (Wildman–Crippen LogP) is 2.70. The second kappa shape index (κ2) is 11.6. The zero-order valence-electron chi connectivity index (χ0n) is 18.6. The van der Waals surface area contributed by atoms with E-state index < -0.39 is 0 Å². The van der Waals surface area contributed by atoms with E-state index >= 15 is 0 Å². The van der Waals surface area contributed by atoms with Crippen molar-refractivity contribution in [1.82, 2.24) is 15.5 Å². The molecule has 2 N–H and O–H groups in total. The van der Waals surface area contributed by atoms with E-state index in [0.29, 0.717) is 35.4 Å². The maximum absolute atomic E-state index is 12.6. The Balaban J connectivity index is 1.40. The Labute approximate surface area is 184 Å². The molecule has 0 saturated carbocycles. The van der Waals surface area contributed by atoms with Crippen molar-refractivity contribution in [1.29, 1.82) is 0 Å². The molecule has 1 aliphatic heterocycles. The lowest BCUT2D eigenvalue weighted by Gasteiger charge is -2.32. The predicted molar refractivity (Wildman–Crippen MR) is 121 cm³/mol. The average Bonchev–Trinajstić information content (AvgIpc) is 2.82. The molecule has 7 heteroatoms. The molecule has 1 amide bonds. The number of benzene rings is 2. The Kier molecular flexibility index (Phi) is 8.55. The molecule has 1 fully saturated rings. The van der Waals surface area contributed by atoms with Crippen LogP contribution in [-0.2, 0) is 6.54 Å². The Hall–Kier alpha value is -2.77. The highest BCUT2D eigenvalue weighted by atomic mass is 16.5. The number of likely N-dealkylation sites (tertiary alicyclic amines) is 1. The normalized spacial score (nSPS) is 14.8. The third-order valence-electron chi connectivity index (χ3n) is 5.61. The molecule has 31 heavy (non-hydrogen) atoms. The van der Waals surface area contributed by atoms with Gasteiger partial charge in [-0.2, -0.15) is 0 Å². The largest absolute Gasteiger partial charge is 0.493 e. The summed E-state index contributed by atoms with van der Waals surface area (Å²) < 4.78 is 15.9. The number of hydrogen-bond donors (Lipinski definition) is 2. The molecule has 0 aliphatic carbocycles. The van der Waals surface area contributed by atoms with Crippen LogP contribution in [0.25, 0.3) is 0 Å². The van der Waals surface area contributed by atoms with Gasteiger partial charge in [-0.1, -0.05) is 30.3 Å². The Morgan fingerprint density at radius 1 is 0.968 bits per heavy atom. The number of ether oxygens (including phenoxy) is 3. The first-order valence-electron chi connectivity index (χ1n) is 10.7. The number of carbonyl (C=O) groups is 1. The van der Waals surface area contributed by atoms with Crippen LogP contribution in [0.1, 0.15) is 28.8 Å². The van der Waals surface area contributed by atoms with Gasteiger partial charge in [0.2, 0.25) is 5.75 Å². The van der Waals surface area contributed by atoms with E-state index in [0.717, 1.165) is 39.0 Å². The van der Waals surface area contributed by atoms with E-state index in [-0.39, 0.29) is 5.91 Å². The minimum Gasteiger partial charge on any atom is -0.493 e. The van der Waals surface area contributed by atoms with Gasteiger partial charge in [0.15, 0.2) is 11.5 Å². The quantitative estimate of drug-likeness (QED) is 0.568. The topological polar surface area (TPSA) is 72.1 Å². The molecule has 0 bridgehead atoms. The van der Waals surface area contributed by atoms with Gasteiger partial charge in [-0.15, -0.1) is 0 Å². The monoisotopic (exact) mass is 427 g/mol. The van der Waals surface area contributed by atoms with Gasteiger partial charge >= 0.3 is 0 Å². The highest BCUT2D eigenvalue weighted by Gasteiger charge is 2.19. The SMILES string of the molecule is COc1cc(C(=O)NCCNC2CCN(Cc3ccccc3)CC2)cc(OC)c1OC. The van der Waals surface area contributed by atoms with Crippen molar-refractivity contribution in [3.63, 3.8) is 0 Å². The molecule has 0 unspecified atom stereocenters. The van der Waals surface area contributed by atoms with Crippen LogP contribution in [0.15, 0.2) is 42.5 Å². The molecule has 3 rings (SSSR count). The second-order valence-electron chi connectivity index (χ2n) is 7.66. The summed E-state index contributed by atoms with van der Waals surface area (Å²) in [6.45, 7) is 4.48. The van der Waals surface area contributed by atoms with Crippen molar-refractivity contribution in [3.8, 4) is 17.2 Å². The number of nitrogens with one attached hydrogen (secondary N) is 2. The molecule has 0 spiro atoms. The lowest BCUT2D eigenvalue weighted by atomic mass is 10.0. The Morgan fingerprint density at radius 3 is 2.19 bits per heavy atom. The van der Waals surface area contributed by atoms with Crippen LogP contribution in [0.4, 0.5) is 0 Å². The molecule has 168 valence electrons. The van der Waals surface area contributed by atoms with Gasteiger partial charge < -0.3 is 24.8 Å². The molecule has 0 aromatic heterocycles. The first-order valence-corrected chi connectivity index (χ1v) is 10.7. The summed E-state index contributed by atoms with van der Waals surface area (Å²) in [6.07, 6.45) is 2.24. The molecule has 0 radical (unpaired) electrons. The molecular weight excluding hydrogens is 394 g/mol. The third kappa shape index (κ3) is 6.35. The minimum absolute atomic E-state index is 0.168. The second-order valence-corrected chi connectivity index (χ2v) is 7.66. The average molecular weight is 428 g/mol. The van der Waals surface area contributed by atoms with E-state index in [1.807, 2.05) is 0 Å². The van der Waals surface area contributed by atoms with E-state index in [1.165, 1.54) is 26.9 Å². The number of piperidine rings is 1. The van der Waals surface area contributed by atoms with Crippen LogP contribution >= 0.6 is 0 Å². The van der Waals surface area contributed by atoms with E-state index in [9.17, 15) is 4.79 Å². The van der Waals surface area contributed by atoms with Crippen LogP contribution in [0, 0.1) is 0 Å². The van der Waals surface area contributed by atoms with Crippen molar-refractivity contribution < 1.29 is 19.0 Å². The lowest BCUT2D eigenvalue weighted by Crippen LogP contribution is -2.44. The molecule has 1 saturated heterocycles. The number of rotatable bonds is 10. The van der Waals surface area contributed by atoms with Crippen LogP contribution in [0.2, 0.25) is 0 Å². The van der Waals surface area contributed by atoms with Gasteiger partial charge in [-0.25, -0.2) is 0 Å². The first kappa shape index (κ1) is 22.9. The molecule has 0 atom stereocenters. The standard InChI is InChI=1S/C24H33N3O4/c1-29-21-15-19(16-22(30-2)23(21)31-3)24(28)26-12-11-25-20-9-13-27(14-10-20)17-18-7-5-4-6-8-18/h4-8,15-16,20,25H,9-14,17H2,1-3H3,(H,26,28). The molecule has 2 aromatic rings. The molecule has 1 aliphatic rings. The van der Waals surface area contributed by atoms with Crippen LogP contribution < -0.4 is 24.8 Å². The van der Waals surface area contributed by atoms with Crippen molar-refractivity contribution in [2.75, 3.05) is 47.5 Å². The summed E-state index contributed by atoms with van der Waals surface area (Å²) in [6, 6.07) is 14.4. The molecule has 2 aromatic carbocycles. The number of amides is 1. The van der Waals surface area contributed by atoms with Gasteiger partial charge in [0.25, 0.3) is 5.91 Å². The summed E-state index contributed by atoms with van der Waals surface area (Å²) in [5, 5.41) is 6.52. The lowest BCUT2D eigenvalue weighted by molar-refractivity contribution is 0.0952. The minimum atomic E-state index is -0.168. The highest BCUT2D eigenvalue weighted by Crippen LogP contribution is 2.38. The fourth-order valence-electron chi connectivity index (χ4n) is 3.90. The maximum atomic E-state index is 12.6. The number of hydrogen-bond acceptors (Lipinski definition) is 6. The fourth-order valence-corrected chi connectivity index (χ4v) is 3.90. The third-order valence-corrected chi connectivity index (χ3v) is 5.61. The summed E-state index contributed by atoms with van der Waals surface area (Å²) in [5.41, 5.74) is 1.84. The summed E-state index contributed by atoms with van der Waals surface area (Å²) in [7, 11) is 4.61. The number of carbonyl (C=O) groups excluding carboxylic acids is 1. The van der Waals surface area contributed by atoms with Gasteiger partial charge in [-0.3, -0.25) is 9.69 Å². The number of methoxy groups -OCH3 is 3. The fraction of sp³-hybridized carbons (Fsp3) is 0.458. The van der Waals surface area contributed by atoms with Crippen LogP contribution in [-0.4, -0.2) is 64.4 Å². The molecular formula is C24H33N3O4. The smallest absolute Gasteiger partial charge is 0.251 e. The van der Waals surface area contributed by atoms with Crippen molar-refractivity contribution >= 4 is 5.91 Å². The van der Waals surface area contributed by atoms with E-state index in [2.05, 4.69) is 45.9 Å². The van der Waals surface area contributed by atoms with Crippen molar-refractivity contribution in [3.05, 3.63) is 53.6 Å². The van der Waals surface area contributed by atoms with Crippen LogP contribution in [0.5, 0.6) is 17.2 Å². The Morgan fingerprint density at radius 2 is 1.61 bits per heavy atom. The van der Waals surface area contributed by atoms with E-state index in [4.69, 9.17) is 14.2 Å². The van der Waals surface area contributed by atoms with Gasteiger partial charge in [0, 0.05) is 31.2 Å². The van der Waals surface area contributed by atoms with Gasteiger partial charge in [-0.05, 0) is 43.6 Å². The van der Waals surface area contributed by atoms with Crippen molar-refractivity contribution in [2.24, 2.45) is 0 Å². The maximum Gasteiger partial charge on any atom is 0.251 e. The zero-order valence-corrected chi connectivity index (χ0v) is 18.6. The highest BCUT2D eigenvalue weighted by molar-refractivity contribution is 5.95. The zero-order chi connectivity index (χ0) is 22.1. The summed E-state index contributed by atoms with van der Waals surface area (Å²) in [4.78, 5) is 15.1. The van der Waals surface area contributed by atoms with Gasteiger partial charge in [0.1, 0.15) is 0 Å². The van der Waals surface area contributed by atoms with E-state index in [1.54, 1.807) is 12.1 Å². The Bertz CT molecular complexity index is 811. The molecule has 1 heterocycles.